The van der Waals surface area contributed by atoms with Gasteiger partial charge in [0.1, 0.15) is 5.82 Å². The minimum atomic E-state index is -0.195. The first-order valence-electron chi connectivity index (χ1n) is 4.80. The molecule has 2 rings (SSSR count). The average molecular weight is 258 g/mol. The number of halogens is 2. The van der Waals surface area contributed by atoms with Gasteiger partial charge in [0.05, 0.1) is 0 Å². The minimum Gasteiger partial charge on any atom is -0.324 e. The molecule has 0 aromatic heterocycles. The lowest BCUT2D eigenvalue weighted by molar-refractivity contribution is 0.537. The smallest absolute Gasteiger partial charge is 0.128 e. The molecule has 0 amide bonds. The number of hydrogen-bond acceptors (Lipinski definition) is 1. The molecule has 3 unspecified atom stereocenters. The Kier molecular flexibility index (Phi) is 2.62. The van der Waals surface area contributed by atoms with Crippen molar-refractivity contribution in [3.05, 3.63) is 34.1 Å². The maximum Gasteiger partial charge on any atom is 0.128 e. The van der Waals surface area contributed by atoms with Crippen molar-refractivity contribution >= 4 is 15.9 Å². The Morgan fingerprint density at radius 1 is 1.57 bits per heavy atom. The highest BCUT2D eigenvalue weighted by Gasteiger charge is 2.39. The fraction of sp³-hybridized carbons (Fsp3) is 0.455. The van der Waals surface area contributed by atoms with Gasteiger partial charge in [-0.3, -0.25) is 0 Å². The first-order valence-corrected chi connectivity index (χ1v) is 5.59. The van der Waals surface area contributed by atoms with Crippen LogP contribution in [0.4, 0.5) is 4.39 Å². The molecule has 1 nitrogen and oxygen atoms in total. The number of benzene rings is 1. The molecule has 2 N–H and O–H groups in total. The molecule has 0 saturated heterocycles. The van der Waals surface area contributed by atoms with Gasteiger partial charge in [0, 0.05) is 16.1 Å². The van der Waals surface area contributed by atoms with Crippen LogP contribution >= 0.6 is 15.9 Å². The molecule has 1 aliphatic rings. The van der Waals surface area contributed by atoms with Gasteiger partial charge >= 0.3 is 0 Å². The van der Waals surface area contributed by atoms with Gasteiger partial charge in [-0.2, -0.15) is 0 Å². The summed E-state index contributed by atoms with van der Waals surface area (Å²) in [4.78, 5) is 0. The Morgan fingerprint density at radius 3 is 2.79 bits per heavy atom. The molecule has 1 saturated carbocycles. The fourth-order valence-corrected chi connectivity index (χ4v) is 2.23. The summed E-state index contributed by atoms with van der Waals surface area (Å²) in [6, 6.07) is 4.79. The van der Waals surface area contributed by atoms with Crippen LogP contribution in [0.3, 0.4) is 0 Å². The summed E-state index contributed by atoms with van der Waals surface area (Å²) in [7, 11) is 0. The van der Waals surface area contributed by atoms with Gasteiger partial charge < -0.3 is 5.73 Å². The second-order valence-corrected chi connectivity index (χ2v) is 4.98. The Balaban J connectivity index is 2.26. The van der Waals surface area contributed by atoms with E-state index >= 15 is 0 Å². The Bertz CT molecular complexity index is 353. The molecule has 1 aromatic rings. The molecule has 1 aromatic carbocycles. The molecular weight excluding hydrogens is 245 g/mol. The Hall–Kier alpha value is -0.410. The fourth-order valence-electron chi connectivity index (χ4n) is 1.85. The number of nitrogens with two attached hydrogens (primary N) is 1. The van der Waals surface area contributed by atoms with Crippen molar-refractivity contribution < 1.29 is 4.39 Å². The van der Waals surface area contributed by atoms with Crippen LogP contribution in [0.25, 0.3) is 0 Å². The highest BCUT2D eigenvalue weighted by atomic mass is 79.9. The van der Waals surface area contributed by atoms with Crippen LogP contribution in [0.2, 0.25) is 0 Å². The van der Waals surface area contributed by atoms with Crippen molar-refractivity contribution in [3.8, 4) is 0 Å². The zero-order valence-electron chi connectivity index (χ0n) is 8.00. The summed E-state index contributed by atoms with van der Waals surface area (Å²) in [6.45, 7) is 2.15. The van der Waals surface area contributed by atoms with Crippen LogP contribution in [-0.4, -0.2) is 0 Å². The van der Waals surface area contributed by atoms with E-state index < -0.39 is 0 Å². The Labute approximate surface area is 91.6 Å². The van der Waals surface area contributed by atoms with Crippen LogP contribution < -0.4 is 5.73 Å². The van der Waals surface area contributed by atoms with Gasteiger partial charge in [0.2, 0.25) is 0 Å². The Morgan fingerprint density at radius 2 is 2.21 bits per heavy atom. The summed E-state index contributed by atoms with van der Waals surface area (Å²) in [5.74, 6) is 0.905. The molecule has 0 radical (unpaired) electrons. The average Bonchev–Trinajstić information content (AvgIpc) is 2.86. The molecule has 76 valence electrons. The van der Waals surface area contributed by atoms with E-state index in [9.17, 15) is 4.39 Å². The van der Waals surface area contributed by atoms with Crippen molar-refractivity contribution in [1.29, 1.82) is 0 Å². The van der Waals surface area contributed by atoms with Gasteiger partial charge in [0.15, 0.2) is 0 Å². The van der Waals surface area contributed by atoms with Crippen LogP contribution in [0.15, 0.2) is 22.7 Å². The van der Waals surface area contributed by atoms with Gasteiger partial charge in [0.25, 0.3) is 0 Å². The van der Waals surface area contributed by atoms with E-state index in [-0.39, 0.29) is 11.9 Å². The van der Waals surface area contributed by atoms with Crippen LogP contribution in [0, 0.1) is 17.7 Å². The molecule has 0 heterocycles. The summed E-state index contributed by atoms with van der Waals surface area (Å²) in [5, 5.41) is 0. The SMILES string of the molecule is CC1CC1C(N)c1cc(Br)ccc1F. The van der Waals surface area contributed by atoms with Crippen LogP contribution in [0.1, 0.15) is 24.9 Å². The van der Waals surface area contributed by atoms with E-state index in [4.69, 9.17) is 5.73 Å². The molecule has 3 heteroatoms. The van der Waals surface area contributed by atoms with E-state index in [1.165, 1.54) is 6.07 Å². The summed E-state index contributed by atoms with van der Waals surface area (Å²) < 4.78 is 14.3. The molecule has 1 aliphatic carbocycles. The summed E-state index contributed by atoms with van der Waals surface area (Å²) in [6.07, 6.45) is 1.12. The third-order valence-electron chi connectivity index (χ3n) is 2.95. The molecule has 0 spiro atoms. The zero-order chi connectivity index (χ0) is 10.3. The molecule has 14 heavy (non-hydrogen) atoms. The molecule has 0 aliphatic heterocycles. The lowest BCUT2D eigenvalue weighted by Gasteiger charge is -2.12. The van der Waals surface area contributed by atoms with Gasteiger partial charge in [-0.1, -0.05) is 22.9 Å². The van der Waals surface area contributed by atoms with E-state index in [2.05, 4.69) is 22.9 Å². The molecule has 1 fully saturated rings. The minimum absolute atomic E-state index is 0.150. The van der Waals surface area contributed by atoms with Crippen molar-refractivity contribution in [2.45, 2.75) is 19.4 Å². The topological polar surface area (TPSA) is 26.0 Å². The standard InChI is InChI=1S/C11H13BrFN/c1-6-4-8(6)11(14)9-5-7(12)2-3-10(9)13/h2-3,5-6,8,11H,4,14H2,1H3. The van der Waals surface area contributed by atoms with E-state index in [0.29, 0.717) is 17.4 Å². The third-order valence-corrected chi connectivity index (χ3v) is 3.44. The lowest BCUT2D eigenvalue weighted by Crippen LogP contribution is -2.15. The van der Waals surface area contributed by atoms with Crippen molar-refractivity contribution in [3.63, 3.8) is 0 Å². The number of rotatable bonds is 2. The monoisotopic (exact) mass is 257 g/mol. The zero-order valence-corrected chi connectivity index (χ0v) is 9.59. The van der Waals surface area contributed by atoms with E-state index in [1.54, 1.807) is 12.1 Å². The second kappa shape index (κ2) is 3.63. The highest BCUT2D eigenvalue weighted by Crippen LogP contribution is 2.46. The second-order valence-electron chi connectivity index (χ2n) is 4.07. The summed E-state index contributed by atoms with van der Waals surface area (Å²) >= 11 is 3.33. The first kappa shape index (κ1) is 10.1. The van der Waals surface area contributed by atoms with Crippen molar-refractivity contribution in [2.75, 3.05) is 0 Å². The van der Waals surface area contributed by atoms with Gasteiger partial charge in [-0.15, -0.1) is 0 Å². The number of hydrogen-bond donors (Lipinski definition) is 1. The maximum absolute atomic E-state index is 13.4. The van der Waals surface area contributed by atoms with Crippen molar-refractivity contribution in [2.24, 2.45) is 17.6 Å². The van der Waals surface area contributed by atoms with Gasteiger partial charge in [-0.05, 0) is 36.5 Å². The largest absolute Gasteiger partial charge is 0.324 e. The van der Waals surface area contributed by atoms with E-state index in [1.807, 2.05) is 0 Å². The summed E-state index contributed by atoms with van der Waals surface area (Å²) in [5.41, 5.74) is 6.63. The molecule has 3 atom stereocenters. The maximum atomic E-state index is 13.4. The predicted molar refractivity (Wildman–Crippen MR) is 58.3 cm³/mol. The van der Waals surface area contributed by atoms with Gasteiger partial charge in [-0.25, -0.2) is 4.39 Å². The van der Waals surface area contributed by atoms with Crippen LogP contribution in [0.5, 0.6) is 0 Å². The first-order chi connectivity index (χ1) is 6.59. The van der Waals surface area contributed by atoms with E-state index in [0.717, 1.165) is 10.9 Å². The molecular formula is C11H13BrFN. The predicted octanol–water partition coefficient (Wildman–Crippen LogP) is 3.24. The van der Waals surface area contributed by atoms with Crippen molar-refractivity contribution in [1.82, 2.24) is 0 Å². The quantitative estimate of drug-likeness (QED) is 0.865. The lowest BCUT2D eigenvalue weighted by atomic mass is 10.0. The third kappa shape index (κ3) is 1.84. The van der Waals surface area contributed by atoms with Crippen LogP contribution in [-0.2, 0) is 0 Å². The normalized spacial score (nSPS) is 27.4. The highest BCUT2D eigenvalue weighted by molar-refractivity contribution is 9.10. The molecule has 0 bridgehead atoms.